The second-order valence-electron chi connectivity index (χ2n) is 6.63. The van der Waals surface area contributed by atoms with Gasteiger partial charge in [0.25, 0.3) is 10.0 Å². The van der Waals surface area contributed by atoms with Crippen molar-refractivity contribution in [3.63, 3.8) is 0 Å². The number of hydrogen-bond donors (Lipinski definition) is 2. The highest BCUT2D eigenvalue weighted by Gasteiger charge is 2.23. The van der Waals surface area contributed by atoms with Crippen molar-refractivity contribution < 1.29 is 21.9 Å². The van der Waals surface area contributed by atoms with Crippen molar-refractivity contribution in [2.24, 2.45) is 0 Å². The van der Waals surface area contributed by atoms with Crippen molar-refractivity contribution in [1.29, 1.82) is 0 Å². The molecule has 0 spiro atoms. The summed E-state index contributed by atoms with van der Waals surface area (Å²) in [5, 5.41) is -0.191. The number of anilines is 2. The smallest absolute Gasteiger partial charge is 0.266 e. The molecular weight excluding hydrogens is 476 g/mol. The summed E-state index contributed by atoms with van der Waals surface area (Å²) in [5.74, 6) is -1.54. The number of pyridine rings is 1. The molecule has 8 nitrogen and oxygen atoms in total. The van der Waals surface area contributed by atoms with Crippen LogP contribution in [0.2, 0.25) is 5.02 Å². The summed E-state index contributed by atoms with van der Waals surface area (Å²) in [7, 11) is -4.34. The minimum atomic E-state index is -4.34. The van der Waals surface area contributed by atoms with Crippen LogP contribution in [-0.2, 0) is 10.0 Å². The average Bonchev–Trinajstić information content (AvgIpc) is 2.77. The molecule has 0 atom stereocenters. The zero-order valence-corrected chi connectivity index (χ0v) is 18.1. The van der Waals surface area contributed by atoms with E-state index in [1.54, 1.807) is 6.07 Å². The van der Waals surface area contributed by atoms with E-state index in [0.717, 1.165) is 24.5 Å². The van der Waals surface area contributed by atoms with Gasteiger partial charge < -0.3 is 10.5 Å². The molecule has 4 rings (SSSR count). The Bertz CT molecular complexity index is 1440. The number of hydrogen-bond acceptors (Lipinski definition) is 7. The van der Waals surface area contributed by atoms with Crippen LogP contribution in [0.3, 0.4) is 0 Å². The molecule has 3 N–H and O–H groups in total. The Hall–Kier alpha value is -3.83. The van der Waals surface area contributed by atoms with Gasteiger partial charge in [0.15, 0.2) is 0 Å². The lowest BCUT2D eigenvalue weighted by Crippen LogP contribution is -2.15. The Morgan fingerprint density at radius 3 is 2.52 bits per heavy atom. The fourth-order valence-electron chi connectivity index (χ4n) is 2.89. The minimum Gasteiger partial charge on any atom is -0.455 e. The van der Waals surface area contributed by atoms with Gasteiger partial charge in [0.05, 0.1) is 5.02 Å². The molecule has 0 radical (unpaired) electrons. The normalized spacial score (nSPS) is 11.2. The molecule has 12 heteroatoms. The van der Waals surface area contributed by atoms with Crippen LogP contribution in [0, 0.1) is 11.6 Å². The van der Waals surface area contributed by atoms with Crippen LogP contribution < -0.4 is 15.2 Å². The molecular formula is C21H14ClF2N5O3S. The molecule has 0 aliphatic heterocycles. The van der Waals surface area contributed by atoms with E-state index in [1.807, 2.05) is 0 Å². The van der Waals surface area contributed by atoms with E-state index in [0.29, 0.717) is 11.1 Å². The van der Waals surface area contributed by atoms with Crippen LogP contribution in [0.1, 0.15) is 0 Å². The van der Waals surface area contributed by atoms with Gasteiger partial charge in [-0.2, -0.15) is 0 Å². The second-order valence-corrected chi connectivity index (χ2v) is 8.68. The molecule has 2 aromatic carbocycles. The molecule has 0 amide bonds. The Balaban J connectivity index is 1.69. The molecule has 0 aliphatic rings. The summed E-state index contributed by atoms with van der Waals surface area (Å²) in [6.07, 6.45) is 3.90. The Morgan fingerprint density at radius 1 is 0.970 bits per heavy atom. The fraction of sp³-hybridized carbons (Fsp3) is 0. The highest BCUT2D eigenvalue weighted by Crippen LogP contribution is 2.38. The fourth-order valence-corrected chi connectivity index (χ4v) is 4.25. The molecule has 2 aromatic heterocycles. The highest BCUT2D eigenvalue weighted by molar-refractivity contribution is 7.92. The molecule has 0 saturated heterocycles. The number of aromatic nitrogens is 3. The number of nitrogens with two attached hydrogens (primary N) is 1. The first-order chi connectivity index (χ1) is 15.7. The van der Waals surface area contributed by atoms with Gasteiger partial charge in [-0.25, -0.2) is 32.2 Å². The van der Waals surface area contributed by atoms with Crippen molar-refractivity contribution in [3.8, 4) is 22.6 Å². The number of benzene rings is 2. The number of ether oxygens (including phenoxy) is 1. The van der Waals surface area contributed by atoms with Gasteiger partial charge in [0.1, 0.15) is 46.0 Å². The van der Waals surface area contributed by atoms with Crippen LogP contribution >= 0.6 is 11.6 Å². The summed E-state index contributed by atoms with van der Waals surface area (Å²) in [6.45, 7) is 0. The van der Waals surface area contributed by atoms with Crippen molar-refractivity contribution in [1.82, 2.24) is 15.0 Å². The number of nitrogens with zero attached hydrogens (tertiary/aromatic N) is 3. The average molecular weight is 490 g/mol. The maximum Gasteiger partial charge on any atom is 0.266 e. The lowest BCUT2D eigenvalue weighted by Gasteiger charge is -2.14. The van der Waals surface area contributed by atoms with E-state index in [2.05, 4.69) is 19.7 Å². The van der Waals surface area contributed by atoms with Crippen LogP contribution in [-0.4, -0.2) is 23.4 Å². The molecule has 33 heavy (non-hydrogen) atoms. The lowest BCUT2D eigenvalue weighted by atomic mass is 10.1. The third-order valence-electron chi connectivity index (χ3n) is 4.35. The van der Waals surface area contributed by atoms with E-state index in [9.17, 15) is 17.2 Å². The zero-order valence-electron chi connectivity index (χ0n) is 16.5. The van der Waals surface area contributed by atoms with Gasteiger partial charge in [-0.05, 0) is 48.0 Å². The Kier molecular flexibility index (Phi) is 6.07. The van der Waals surface area contributed by atoms with Gasteiger partial charge >= 0.3 is 0 Å². The first-order valence-electron chi connectivity index (χ1n) is 9.20. The first-order valence-corrected chi connectivity index (χ1v) is 11.1. The second kappa shape index (κ2) is 8.96. The number of nitrogens with one attached hydrogen (secondary N) is 1. The third kappa shape index (κ3) is 4.99. The molecule has 4 aromatic rings. The summed E-state index contributed by atoms with van der Waals surface area (Å²) < 4.78 is 61.7. The van der Waals surface area contributed by atoms with Gasteiger partial charge in [0, 0.05) is 24.0 Å². The maximum absolute atomic E-state index is 14.8. The molecule has 0 saturated carbocycles. The minimum absolute atomic E-state index is 0.0478. The predicted molar refractivity (Wildman–Crippen MR) is 118 cm³/mol. The quantitative estimate of drug-likeness (QED) is 0.404. The number of nitrogen functional groups attached to an aromatic ring is 1. The molecule has 0 bridgehead atoms. The van der Waals surface area contributed by atoms with Gasteiger partial charge in [-0.15, -0.1) is 0 Å². The van der Waals surface area contributed by atoms with E-state index in [4.69, 9.17) is 22.1 Å². The van der Waals surface area contributed by atoms with Gasteiger partial charge in [-0.1, -0.05) is 11.6 Å². The van der Waals surface area contributed by atoms with Crippen molar-refractivity contribution >= 4 is 33.3 Å². The summed E-state index contributed by atoms with van der Waals surface area (Å²) in [4.78, 5) is 10.6. The highest BCUT2D eigenvalue weighted by atomic mass is 35.5. The van der Waals surface area contributed by atoms with E-state index in [1.165, 1.54) is 36.7 Å². The summed E-state index contributed by atoms with van der Waals surface area (Å²) in [6, 6.07) is 9.82. The zero-order chi connectivity index (χ0) is 23.6. The number of halogens is 3. The van der Waals surface area contributed by atoms with Crippen molar-refractivity contribution in [2.45, 2.75) is 4.90 Å². The Morgan fingerprint density at radius 2 is 1.79 bits per heavy atom. The number of rotatable bonds is 6. The van der Waals surface area contributed by atoms with Crippen molar-refractivity contribution in [3.05, 3.63) is 83.9 Å². The largest absolute Gasteiger partial charge is 0.455 e. The van der Waals surface area contributed by atoms with Crippen LogP contribution in [0.15, 0.2) is 72.1 Å². The maximum atomic E-state index is 14.8. The summed E-state index contributed by atoms with van der Waals surface area (Å²) >= 11 is 6.20. The van der Waals surface area contributed by atoms with E-state index >= 15 is 0 Å². The monoisotopic (exact) mass is 489 g/mol. The van der Waals surface area contributed by atoms with Crippen molar-refractivity contribution in [2.75, 3.05) is 10.5 Å². The standard InChI is InChI=1S/C21H14ClF2N5O3S/c22-15-9-19(33(30,31)29-21-4-5-26-11-28-21)16(24)10-18(15)32-17-2-1-13(23)8-14(17)12-3-6-27-20(25)7-12/h1-11H,(H2,25,27)(H,26,28,29). The van der Waals surface area contributed by atoms with Crippen LogP contribution in [0.25, 0.3) is 11.1 Å². The molecule has 168 valence electrons. The van der Waals surface area contributed by atoms with Crippen LogP contribution in [0.4, 0.5) is 20.4 Å². The molecule has 0 aliphatic carbocycles. The molecule has 2 heterocycles. The van der Waals surface area contributed by atoms with Gasteiger partial charge in [-0.3, -0.25) is 4.72 Å². The SMILES string of the molecule is Nc1cc(-c2cc(F)ccc2Oc2cc(F)c(S(=O)(=O)Nc3ccncn3)cc2Cl)ccn1. The molecule has 0 fully saturated rings. The van der Waals surface area contributed by atoms with E-state index in [-0.39, 0.29) is 28.2 Å². The topological polar surface area (TPSA) is 120 Å². The predicted octanol–water partition coefficient (Wildman–Crippen LogP) is 4.65. The van der Waals surface area contributed by atoms with E-state index < -0.39 is 26.6 Å². The lowest BCUT2D eigenvalue weighted by molar-refractivity contribution is 0.473. The number of sulfonamides is 1. The van der Waals surface area contributed by atoms with Gasteiger partial charge in [0.2, 0.25) is 0 Å². The Labute approximate surface area is 192 Å². The molecule has 0 unspecified atom stereocenters. The first kappa shape index (κ1) is 22.4. The third-order valence-corrected chi connectivity index (χ3v) is 6.02. The van der Waals surface area contributed by atoms with Crippen LogP contribution in [0.5, 0.6) is 11.5 Å². The summed E-state index contributed by atoms with van der Waals surface area (Å²) in [5.41, 5.74) is 6.52.